The van der Waals surface area contributed by atoms with Crippen LogP contribution in [0.25, 0.3) is 0 Å². The SMILES string of the molecule is CC.CC(C)(C)OC(=O)CCC(C(N)=O)N1Cc2ccccc2C1=O. The van der Waals surface area contributed by atoms with Gasteiger partial charge in [-0.3, -0.25) is 14.4 Å². The Morgan fingerprint density at radius 3 is 2.36 bits per heavy atom. The third kappa shape index (κ3) is 5.59. The number of ether oxygens (including phenoxy) is 1. The average Bonchev–Trinajstić information content (AvgIpc) is 2.85. The smallest absolute Gasteiger partial charge is 0.306 e. The molecule has 0 aromatic heterocycles. The summed E-state index contributed by atoms with van der Waals surface area (Å²) in [5.41, 5.74) is 6.30. The van der Waals surface area contributed by atoms with Gasteiger partial charge >= 0.3 is 5.97 Å². The minimum absolute atomic E-state index is 0.0327. The number of esters is 1. The molecule has 0 bridgehead atoms. The minimum Gasteiger partial charge on any atom is -0.460 e. The lowest BCUT2D eigenvalue weighted by Gasteiger charge is -2.25. The molecule has 0 spiro atoms. The molecule has 25 heavy (non-hydrogen) atoms. The van der Waals surface area contributed by atoms with E-state index < -0.39 is 23.5 Å². The van der Waals surface area contributed by atoms with Gasteiger partial charge in [0.1, 0.15) is 11.6 Å². The second-order valence-corrected chi connectivity index (χ2v) is 6.63. The Kier molecular flexibility index (Phi) is 7.15. The second-order valence-electron chi connectivity index (χ2n) is 6.63. The van der Waals surface area contributed by atoms with Gasteiger partial charge in [-0.2, -0.15) is 0 Å². The van der Waals surface area contributed by atoms with Crippen LogP contribution in [0.4, 0.5) is 0 Å². The van der Waals surface area contributed by atoms with Crippen molar-refractivity contribution >= 4 is 17.8 Å². The van der Waals surface area contributed by atoms with Crippen LogP contribution in [-0.4, -0.2) is 34.3 Å². The third-order valence-electron chi connectivity index (χ3n) is 3.60. The van der Waals surface area contributed by atoms with Gasteiger partial charge in [-0.25, -0.2) is 0 Å². The van der Waals surface area contributed by atoms with E-state index in [2.05, 4.69) is 0 Å². The molecule has 2 rings (SSSR count). The van der Waals surface area contributed by atoms with Gasteiger partial charge in [0.25, 0.3) is 5.91 Å². The summed E-state index contributed by atoms with van der Waals surface area (Å²) in [6.07, 6.45) is 0.189. The molecule has 0 saturated heterocycles. The first-order valence-corrected chi connectivity index (χ1v) is 8.59. The van der Waals surface area contributed by atoms with Gasteiger partial charge in [0.15, 0.2) is 0 Å². The normalized spacial score (nSPS) is 14.3. The summed E-state index contributed by atoms with van der Waals surface area (Å²) in [4.78, 5) is 37.4. The first-order chi connectivity index (χ1) is 11.7. The molecule has 1 unspecified atom stereocenters. The average molecular weight is 348 g/mol. The molecular formula is C19H28N2O4. The first-order valence-electron chi connectivity index (χ1n) is 8.59. The maximum absolute atomic E-state index is 12.4. The van der Waals surface area contributed by atoms with Crippen LogP contribution in [0.5, 0.6) is 0 Å². The Balaban J connectivity index is 0.00000151. The Hall–Kier alpha value is -2.37. The molecule has 2 amide bonds. The Morgan fingerprint density at radius 2 is 1.84 bits per heavy atom. The van der Waals surface area contributed by atoms with E-state index in [4.69, 9.17) is 10.5 Å². The standard InChI is InChI=1S/C17H22N2O4.C2H6/c1-17(2,3)23-14(20)9-8-13(15(18)21)19-10-11-6-4-5-7-12(11)16(19)22;1-2/h4-7,13H,8-10H2,1-3H3,(H2,18,21);1-2H3. The number of carbonyl (C=O) groups is 3. The molecule has 0 fully saturated rings. The molecule has 1 atom stereocenters. The number of benzene rings is 1. The van der Waals surface area contributed by atoms with Gasteiger partial charge < -0.3 is 15.4 Å². The van der Waals surface area contributed by atoms with Crippen molar-refractivity contribution in [3.8, 4) is 0 Å². The monoisotopic (exact) mass is 348 g/mol. The topological polar surface area (TPSA) is 89.7 Å². The predicted octanol–water partition coefficient (Wildman–Crippen LogP) is 2.64. The summed E-state index contributed by atoms with van der Waals surface area (Å²) in [7, 11) is 0. The van der Waals surface area contributed by atoms with Crippen LogP contribution in [0.2, 0.25) is 0 Å². The van der Waals surface area contributed by atoms with E-state index in [1.54, 1.807) is 32.9 Å². The molecule has 1 aliphatic heterocycles. The van der Waals surface area contributed by atoms with E-state index >= 15 is 0 Å². The predicted molar refractivity (Wildman–Crippen MR) is 95.7 cm³/mol. The van der Waals surface area contributed by atoms with Crippen LogP contribution in [-0.2, 0) is 20.9 Å². The van der Waals surface area contributed by atoms with Gasteiger partial charge in [0.2, 0.25) is 5.91 Å². The summed E-state index contributed by atoms with van der Waals surface area (Å²) in [5.74, 6) is -1.25. The van der Waals surface area contributed by atoms with Gasteiger partial charge in [-0.1, -0.05) is 32.0 Å². The lowest BCUT2D eigenvalue weighted by atomic mass is 10.1. The fourth-order valence-electron chi connectivity index (χ4n) is 2.63. The summed E-state index contributed by atoms with van der Waals surface area (Å²) in [6, 6.07) is 6.38. The number of carbonyl (C=O) groups excluding carboxylic acids is 3. The lowest BCUT2D eigenvalue weighted by Crippen LogP contribution is -2.45. The molecule has 1 aliphatic rings. The molecule has 0 saturated carbocycles. The number of rotatable bonds is 5. The van der Waals surface area contributed by atoms with Crippen LogP contribution in [0.1, 0.15) is 63.4 Å². The summed E-state index contributed by atoms with van der Waals surface area (Å²) >= 11 is 0. The molecule has 0 radical (unpaired) electrons. The van der Waals surface area contributed by atoms with Crippen molar-refractivity contribution < 1.29 is 19.1 Å². The molecule has 0 aliphatic carbocycles. The van der Waals surface area contributed by atoms with Crippen molar-refractivity contribution in [2.24, 2.45) is 5.73 Å². The van der Waals surface area contributed by atoms with Crippen LogP contribution in [0, 0.1) is 0 Å². The Morgan fingerprint density at radius 1 is 1.24 bits per heavy atom. The zero-order valence-electron chi connectivity index (χ0n) is 15.7. The van der Waals surface area contributed by atoms with Crippen LogP contribution in [0.3, 0.4) is 0 Å². The molecule has 1 aromatic carbocycles. The maximum atomic E-state index is 12.4. The molecule has 138 valence electrons. The first kappa shape index (κ1) is 20.7. The van der Waals surface area contributed by atoms with E-state index in [-0.39, 0.29) is 18.7 Å². The highest BCUT2D eigenvalue weighted by atomic mass is 16.6. The highest BCUT2D eigenvalue weighted by Crippen LogP contribution is 2.26. The van der Waals surface area contributed by atoms with Crippen molar-refractivity contribution in [2.75, 3.05) is 0 Å². The number of fused-ring (bicyclic) bond motifs is 1. The fraction of sp³-hybridized carbons (Fsp3) is 0.526. The van der Waals surface area contributed by atoms with Gasteiger partial charge in [-0.05, 0) is 38.8 Å². The lowest BCUT2D eigenvalue weighted by molar-refractivity contribution is -0.155. The van der Waals surface area contributed by atoms with E-state index in [9.17, 15) is 14.4 Å². The molecule has 1 heterocycles. The van der Waals surface area contributed by atoms with E-state index in [1.165, 1.54) is 4.90 Å². The third-order valence-corrected chi connectivity index (χ3v) is 3.60. The number of primary amides is 1. The fourth-order valence-corrected chi connectivity index (χ4v) is 2.63. The van der Waals surface area contributed by atoms with Crippen molar-refractivity contribution in [1.82, 2.24) is 4.90 Å². The van der Waals surface area contributed by atoms with Crippen LogP contribution in [0.15, 0.2) is 24.3 Å². The summed E-state index contributed by atoms with van der Waals surface area (Å²) < 4.78 is 5.22. The second kappa shape index (κ2) is 8.65. The number of nitrogens with zero attached hydrogens (tertiary/aromatic N) is 1. The van der Waals surface area contributed by atoms with Crippen molar-refractivity contribution in [2.45, 2.75) is 65.6 Å². The number of amides is 2. The summed E-state index contributed by atoms with van der Waals surface area (Å²) in [5, 5.41) is 0. The van der Waals surface area contributed by atoms with Gasteiger partial charge in [-0.15, -0.1) is 0 Å². The molecule has 6 nitrogen and oxygen atoms in total. The largest absolute Gasteiger partial charge is 0.460 e. The van der Waals surface area contributed by atoms with Crippen molar-refractivity contribution in [1.29, 1.82) is 0 Å². The zero-order chi connectivity index (χ0) is 19.2. The number of hydrogen-bond acceptors (Lipinski definition) is 4. The minimum atomic E-state index is -0.817. The van der Waals surface area contributed by atoms with Gasteiger partial charge in [0.05, 0.1) is 0 Å². The van der Waals surface area contributed by atoms with Crippen molar-refractivity contribution in [3.05, 3.63) is 35.4 Å². The van der Waals surface area contributed by atoms with Gasteiger partial charge in [0, 0.05) is 18.5 Å². The highest BCUT2D eigenvalue weighted by molar-refractivity contribution is 6.01. The van der Waals surface area contributed by atoms with Crippen LogP contribution < -0.4 is 5.73 Å². The molecule has 1 aromatic rings. The quantitative estimate of drug-likeness (QED) is 0.828. The van der Waals surface area contributed by atoms with E-state index in [1.807, 2.05) is 26.0 Å². The zero-order valence-corrected chi connectivity index (χ0v) is 15.7. The molecule has 2 N–H and O–H groups in total. The molecule has 6 heteroatoms. The van der Waals surface area contributed by atoms with E-state index in [0.717, 1.165) is 5.56 Å². The number of nitrogens with two attached hydrogens (primary N) is 1. The van der Waals surface area contributed by atoms with E-state index in [0.29, 0.717) is 12.1 Å². The number of hydrogen-bond donors (Lipinski definition) is 1. The highest BCUT2D eigenvalue weighted by Gasteiger charge is 2.35. The van der Waals surface area contributed by atoms with Crippen LogP contribution >= 0.6 is 0 Å². The molecular weight excluding hydrogens is 320 g/mol. The summed E-state index contributed by atoms with van der Waals surface area (Å²) in [6.45, 7) is 9.66. The Labute approximate surface area is 149 Å². The maximum Gasteiger partial charge on any atom is 0.306 e. The Bertz CT molecular complexity index is 635. The van der Waals surface area contributed by atoms with Crippen molar-refractivity contribution in [3.63, 3.8) is 0 Å².